The fourth-order valence-corrected chi connectivity index (χ4v) is 6.28. The fraction of sp³-hybridized carbons (Fsp3) is 0.842. The number of aromatic nitrogens is 2. The highest BCUT2D eigenvalue weighted by Crippen LogP contribution is 2.60. The Morgan fingerprint density at radius 1 is 1.20 bits per heavy atom. The lowest BCUT2D eigenvalue weighted by molar-refractivity contribution is -0.122. The fourth-order valence-electron chi connectivity index (χ4n) is 6.28. The zero-order chi connectivity index (χ0) is 16.9. The highest BCUT2D eigenvalue weighted by Gasteiger charge is 2.53. The second-order valence-electron chi connectivity index (χ2n) is 8.90. The van der Waals surface area contributed by atoms with Crippen molar-refractivity contribution in [3.05, 3.63) is 11.7 Å². The molecule has 4 aliphatic carbocycles. The van der Waals surface area contributed by atoms with E-state index in [0.717, 1.165) is 43.0 Å². The van der Waals surface area contributed by atoms with Crippen LogP contribution >= 0.6 is 0 Å². The van der Waals surface area contributed by atoms with Crippen LogP contribution in [0.15, 0.2) is 4.52 Å². The summed E-state index contributed by atoms with van der Waals surface area (Å²) in [7, 11) is 0. The number of amides is 1. The van der Waals surface area contributed by atoms with Crippen LogP contribution in [0, 0.1) is 17.8 Å². The number of hydrogen-bond acceptors (Lipinski definition) is 5. The summed E-state index contributed by atoms with van der Waals surface area (Å²) in [4.78, 5) is 16.8. The molecule has 2 N–H and O–H groups in total. The van der Waals surface area contributed by atoms with E-state index in [4.69, 9.17) is 9.51 Å². The van der Waals surface area contributed by atoms with E-state index < -0.39 is 0 Å². The summed E-state index contributed by atoms with van der Waals surface area (Å²) in [5, 5.41) is 10.6. The third kappa shape index (κ3) is 2.88. The number of nitrogens with one attached hydrogen (secondary N) is 2. The van der Waals surface area contributed by atoms with Gasteiger partial charge in [0.15, 0.2) is 5.82 Å². The van der Waals surface area contributed by atoms with Crippen molar-refractivity contribution in [2.75, 3.05) is 13.1 Å². The van der Waals surface area contributed by atoms with Gasteiger partial charge in [0.2, 0.25) is 11.8 Å². The normalized spacial score (nSPS) is 39.0. The molecule has 1 atom stereocenters. The molecule has 0 aromatic carbocycles. The Labute approximate surface area is 148 Å². The molecule has 6 nitrogen and oxygen atoms in total. The van der Waals surface area contributed by atoms with Crippen LogP contribution in [0.2, 0.25) is 0 Å². The Bertz CT molecular complexity index is 614. The molecule has 0 spiro atoms. The van der Waals surface area contributed by atoms with Gasteiger partial charge in [-0.25, -0.2) is 0 Å². The monoisotopic (exact) mass is 344 g/mol. The van der Waals surface area contributed by atoms with Crippen molar-refractivity contribution >= 4 is 5.91 Å². The number of carbonyl (C=O) groups excluding carboxylic acids is 1. The summed E-state index contributed by atoms with van der Waals surface area (Å²) in [6.07, 6.45) is 10.7. The molecule has 1 saturated heterocycles. The van der Waals surface area contributed by atoms with Gasteiger partial charge < -0.3 is 15.2 Å². The smallest absolute Gasteiger partial charge is 0.237 e. The Hall–Kier alpha value is -1.43. The van der Waals surface area contributed by atoms with E-state index in [9.17, 15) is 4.79 Å². The number of nitrogens with zero attached hydrogens (tertiary/aromatic N) is 2. The average molecular weight is 344 g/mol. The molecule has 2 heterocycles. The molecule has 5 fully saturated rings. The van der Waals surface area contributed by atoms with Gasteiger partial charge in [-0.1, -0.05) is 5.16 Å². The standard InChI is InChI=1S/C19H28N4O2/c24-17(15-2-1-4-20-15)21-5-3-16-22-18(23-25-16)19-9-12-6-13(10-19)8-14(7-12)11-19/h12-15,20H,1-11H2,(H,21,24). The number of carbonyl (C=O) groups is 1. The molecule has 6 heteroatoms. The minimum Gasteiger partial charge on any atom is -0.354 e. The molecule has 1 aromatic heterocycles. The van der Waals surface area contributed by atoms with Gasteiger partial charge in [0.05, 0.1) is 6.04 Å². The van der Waals surface area contributed by atoms with Crippen molar-refractivity contribution in [3.63, 3.8) is 0 Å². The van der Waals surface area contributed by atoms with Crippen LogP contribution < -0.4 is 10.6 Å². The minimum absolute atomic E-state index is 0.0229. The van der Waals surface area contributed by atoms with Gasteiger partial charge in [-0.15, -0.1) is 0 Å². The lowest BCUT2D eigenvalue weighted by Gasteiger charge is -2.55. The summed E-state index contributed by atoms with van der Waals surface area (Å²) in [5.74, 6) is 4.36. The topological polar surface area (TPSA) is 80.1 Å². The third-order valence-corrected chi connectivity index (χ3v) is 7.00. The third-order valence-electron chi connectivity index (χ3n) is 7.00. The van der Waals surface area contributed by atoms with E-state index in [1.165, 1.54) is 38.5 Å². The summed E-state index contributed by atoms with van der Waals surface area (Å²) in [6, 6.07) is -0.0229. The van der Waals surface area contributed by atoms with E-state index in [1.807, 2.05) is 0 Å². The van der Waals surface area contributed by atoms with Crippen LogP contribution in [0.5, 0.6) is 0 Å². The zero-order valence-corrected chi connectivity index (χ0v) is 14.8. The Balaban J connectivity index is 1.20. The maximum absolute atomic E-state index is 12.0. The Morgan fingerprint density at radius 2 is 1.92 bits per heavy atom. The first-order valence-electron chi connectivity index (χ1n) is 10.0. The van der Waals surface area contributed by atoms with Crippen molar-refractivity contribution in [1.82, 2.24) is 20.8 Å². The second-order valence-corrected chi connectivity index (χ2v) is 8.90. The number of rotatable bonds is 5. The van der Waals surface area contributed by atoms with Crippen molar-refractivity contribution in [1.29, 1.82) is 0 Å². The van der Waals surface area contributed by atoms with Crippen LogP contribution in [-0.2, 0) is 16.6 Å². The van der Waals surface area contributed by atoms with Gasteiger partial charge in [0.25, 0.3) is 0 Å². The van der Waals surface area contributed by atoms with Crippen LogP contribution in [0.3, 0.4) is 0 Å². The molecule has 1 aliphatic heterocycles. The highest BCUT2D eigenvalue weighted by molar-refractivity contribution is 5.81. The molecule has 6 rings (SSSR count). The van der Waals surface area contributed by atoms with Crippen molar-refractivity contribution in [2.24, 2.45) is 17.8 Å². The van der Waals surface area contributed by atoms with Crippen LogP contribution in [-0.4, -0.2) is 35.2 Å². The van der Waals surface area contributed by atoms with E-state index in [0.29, 0.717) is 18.9 Å². The quantitative estimate of drug-likeness (QED) is 0.853. The SMILES string of the molecule is O=C(NCCc1nc(C23CC4CC(CC(C4)C2)C3)no1)C1CCCN1. The van der Waals surface area contributed by atoms with Crippen LogP contribution in [0.4, 0.5) is 0 Å². The maximum Gasteiger partial charge on any atom is 0.237 e. The second kappa shape index (κ2) is 6.08. The molecule has 5 aliphatic rings. The molecule has 1 unspecified atom stereocenters. The molecule has 25 heavy (non-hydrogen) atoms. The molecular weight excluding hydrogens is 316 g/mol. The van der Waals surface area contributed by atoms with Gasteiger partial charge in [0, 0.05) is 18.4 Å². The molecule has 136 valence electrons. The van der Waals surface area contributed by atoms with E-state index >= 15 is 0 Å². The highest BCUT2D eigenvalue weighted by atomic mass is 16.5. The molecule has 4 bridgehead atoms. The largest absolute Gasteiger partial charge is 0.354 e. The zero-order valence-electron chi connectivity index (χ0n) is 14.8. The molecule has 0 radical (unpaired) electrons. The van der Waals surface area contributed by atoms with Gasteiger partial charge in [-0.3, -0.25) is 4.79 Å². The van der Waals surface area contributed by atoms with Crippen molar-refractivity contribution in [2.45, 2.75) is 69.2 Å². The lowest BCUT2D eigenvalue weighted by atomic mass is 9.49. The molecular formula is C19H28N4O2. The van der Waals surface area contributed by atoms with Gasteiger partial charge in [-0.05, 0) is 75.7 Å². The summed E-state index contributed by atoms with van der Waals surface area (Å²) in [5.41, 5.74) is 0.188. The van der Waals surface area contributed by atoms with E-state index in [-0.39, 0.29) is 17.4 Å². The number of hydrogen-bond donors (Lipinski definition) is 2. The maximum atomic E-state index is 12.0. The van der Waals surface area contributed by atoms with E-state index in [2.05, 4.69) is 15.8 Å². The molecule has 1 aromatic rings. The predicted molar refractivity (Wildman–Crippen MR) is 91.9 cm³/mol. The van der Waals surface area contributed by atoms with Gasteiger partial charge in [0.1, 0.15) is 0 Å². The van der Waals surface area contributed by atoms with Crippen LogP contribution in [0.1, 0.15) is 63.1 Å². The minimum atomic E-state index is -0.0229. The van der Waals surface area contributed by atoms with Crippen LogP contribution in [0.25, 0.3) is 0 Å². The summed E-state index contributed by atoms with van der Waals surface area (Å²) < 4.78 is 5.53. The first-order chi connectivity index (χ1) is 12.2. The van der Waals surface area contributed by atoms with Gasteiger partial charge in [-0.2, -0.15) is 4.98 Å². The van der Waals surface area contributed by atoms with E-state index in [1.54, 1.807) is 0 Å². The Kier molecular flexibility index (Phi) is 3.84. The first-order valence-corrected chi connectivity index (χ1v) is 10.0. The van der Waals surface area contributed by atoms with Gasteiger partial charge >= 0.3 is 0 Å². The van der Waals surface area contributed by atoms with Crippen molar-refractivity contribution in [3.8, 4) is 0 Å². The Morgan fingerprint density at radius 3 is 2.56 bits per heavy atom. The first kappa shape index (κ1) is 15.8. The lowest BCUT2D eigenvalue weighted by Crippen LogP contribution is -2.49. The molecule has 1 amide bonds. The summed E-state index contributed by atoms with van der Waals surface area (Å²) >= 11 is 0. The van der Waals surface area contributed by atoms with Crippen molar-refractivity contribution < 1.29 is 9.32 Å². The summed E-state index contributed by atoms with van der Waals surface area (Å²) in [6.45, 7) is 1.51. The average Bonchev–Trinajstić information content (AvgIpc) is 3.26. The molecule has 4 saturated carbocycles. The predicted octanol–water partition coefficient (Wildman–Crippen LogP) is 1.95.